The van der Waals surface area contributed by atoms with Gasteiger partial charge in [-0.2, -0.15) is 0 Å². The summed E-state index contributed by atoms with van der Waals surface area (Å²) in [6.45, 7) is 4.95. The van der Waals surface area contributed by atoms with Crippen LogP contribution in [0.25, 0.3) is 0 Å². The van der Waals surface area contributed by atoms with E-state index in [0.29, 0.717) is 5.96 Å². The molecule has 0 saturated carbocycles. The van der Waals surface area contributed by atoms with Gasteiger partial charge in [-0.05, 0) is 19.3 Å². The monoisotopic (exact) mass is 382 g/mol. The number of nitrogens with two attached hydrogens (primary N) is 1. The van der Waals surface area contributed by atoms with Crippen LogP contribution in [0.5, 0.6) is 0 Å². The van der Waals surface area contributed by atoms with E-state index in [1.165, 1.54) is 19.3 Å². The number of carbonyl (C=O) groups is 1. The summed E-state index contributed by atoms with van der Waals surface area (Å²) in [6.07, 6.45) is 7.02. The van der Waals surface area contributed by atoms with Gasteiger partial charge in [-0.15, -0.1) is 24.0 Å². The molecule has 1 aliphatic rings. The summed E-state index contributed by atoms with van der Waals surface area (Å²) in [5, 5.41) is 3.04. The first kappa shape index (κ1) is 18.5. The van der Waals surface area contributed by atoms with Gasteiger partial charge in [-0.1, -0.05) is 26.2 Å². The van der Waals surface area contributed by atoms with Crippen molar-refractivity contribution in [1.29, 1.82) is 0 Å². The zero-order chi connectivity index (χ0) is 13.2. The fraction of sp³-hybridized carbons (Fsp3) is 0.846. The van der Waals surface area contributed by atoms with Crippen molar-refractivity contribution in [2.75, 3.05) is 26.2 Å². The van der Waals surface area contributed by atoms with E-state index in [0.717, 1.165) is 38.9 Å². The van der Waals surface area contributed by atoms with Crippen molar-refractivity contribution >= 4 is 35.8 Å². The Balaban J connectivity index is 0.00000324. The Bertz CT molecular complexity index is 278. The number of carbonyl (C=O) groups excluding carboxylic acids is 1. The highest BCUT2D eigenvalue weighted by molar-refractivity contribution is 14.0. The maximum Gasteiger partial charge on any atom is 0.244 e. The number of likely N-dealkylation sites (tertiary alicyclic amines) is 1. The van der Waals surface area contributed by atoms with Crippen LogP contribution in [0.15, 0.2) is 4.99 Å². The Labute approximate surface area is 133 Å². The highest BCUT2D eigenvalue weighted by Crippen LogP contribution is 2.07. The number of guanidine groups is 1. The molecule has 3 N–H and O–H groups in total. The summed E-state index contributed by atoms with van der Waals surface area (Å²) in [7, 11) is 0. The molecule has 0 unspecified atom stereocenters. The number of hydrogen-bond acceptors (Lipinski definition) is 2. The molecular weight excluding hydrogens is 355 g/mol. The molecule has 1 saturated heterocycles. The summed E-state index contributed by atoms with van der Waals surface area (Å²) in [5.41, 5.74) is 5.70. The lowest BCUT2D eigenvalue weighted by Gasteiger charge is -2.13. The smallest absolute Gasteiger partial charge is 0.244 e. The van der Waals surface area contributed by atoms with E-state index in [2.05, 4.69) is 17.2 Å². The number of rotatable bonds is 7. The van der Waals surface area contributed by atoms with Gasteiger partial charge in [-0.25, -0.2) is 4.99 Å². The standard InChI is InChI=1S/C13H26N4O.HI/c1-2-3-4-5-8-15-13(14)16-11-12(18)17-9-6-7-10-17;/h2-11H2,1H3,(H3,14,15,16);1H. The molecule has 1 amide bonds. The van der Waals surface area contributed by atoms with E-state index in [4.69, 9.17) is 5.73 Å². The van der Waals surface area contributed by atoms with Gasteiger partial charge in [0, 0.05) is 19.6 Å². The first-order valence-electron chi connectivity index (χ1n) is 7.05. The lowest BCUT2D eigenvalue weighted by molar-refractivity contribution is -0.128. The number of amides is 1. The minimum absolute atomic E-state index is 0. The summed E-state index contributed by atoms with van der Waals surface area (Å²) in [4.78, 5) is 17.6. The van der Waals surface area contributed by atoms with Crippen LogP contribution < -0.4 is 11.1 Å². The summed E-state index contributed by atoms with van der Waals surface area (Å²) in [6, 6.07) is 0. The van der Waals surface area contributed by atoms with E-state index in [1.54, 1.807) is 0 Å². The zero-order valence-electron chi connectivity index (χ0n) is 11.9. The molecule has 0 aromatic heterocycles. The predicted octanol–water partition coefficient (Wildman–Crippen LogP) is 1.71. The molecule has 0 aliphatic carbocycles. The highest BCUT2D eigenvalue weighted by Gasteiger charge is 2.16. The van der Waals surface area contributed by atoms with Crippen LogP contribution in [0, 0.1) is 0 Å². The van der Waals surface area contributed by atoms with Gasteiger partial charge in [0.2, 0.25) is 5.91 Å². The zero-order valence-corrected chi connectivity index (χ0v) is 14.2. The molecule has 0 aromatic rings. The average Bonchev–Trinajstić information content (AvgIpc) is 2.89. The van der Waals surface area contributed by atoms with Gasteiger partial charge < -0.3 is 16.0 Å². The van der Waals surface area contributed by atoms with Gasteiger partial charge in [0.25, 0.3) is 0 Å². The fourth-order valence-electron chi connectivity index (χ4n) is 2.04. The van der Waals surface area contributed by atoms with Crippen LogP contribution in [0.1, 0.15) is 45.4 Å². The maximum absolute atomic E-state index is 11.7. The Morgan fingerprint density at radius 1 is 1.26 bits per heavy atom. The molecular formula is C13H27IN4O. The molecule has 0 radical (unpaired) electrons. The van der Waals surface area contributed by atoms with Crippen LogP contribution in [0.4, 0.5) is 0 Å². The molecule has 112 valence electrons. The second-order valence-corrected chi connectivity index (χ2v) is 4.78. The average molecular weight is 382 g/mol. The Morgan fingerprint density at radius 3 is 2.58 bits per heavy atom. The second-order valence-electron chi connectivity index (χ2n) is 4.78. The lowest BCUT2D eigenvalue weighted by Crippen LogP contribution is -2.35. The molecule has 0 atom stereocenters. The summed E-state index contributed by atoms with van der Waals surface area (Å²) < 4.78 is 0. The van der Waals surface area contributed by atoms with Gasteiger partial charge in [0.05, 0.1) is 0 Å². The molecule has 0 bridgehead atoms. The van der Waals surface area contributed by atoms with E-state index in [-0.39, 0.29) is 36.4 Å². The van der Waals surface area contributed by atoms with Crippen LogP contribution in [0.2, 0.25) is 0 Å². The van der Waals surface area contributed by atoms with E-state index in [1.807, 2.05) is 4.90 Å². The Hall–Kier alpha value is -0.530. The number of hydrogen-bond donors (Lipinski definition) is 2. The largest absolute Gasteiger partial charge is 0.370 e. The maximum atomic E-state index is 11.7. The van der Waals surface area contributed by atoms with Crippen molar-refractivity contribution in [1.82, 2.24) is 10.2 Å². The summed E-state index contributed by atoms with van der Waals surface area (Å²) in [5.74, 6) is 0.474. The van der Waals surface area contributed by atoms with Crippen molar-refractivity contribution in [2.24, 2.45) is 10.7 Å². The third-order valence-electron chi connectivity index (χ3n) is 3.18. The van der Waals surface area contributed by atoms with E-state index < -0.39 is 0 Å². The molecule has 1 rings (SSSR count). The molecule has 1 fully saturated rings. The highest BCUT2D eigenvalue weighted by atomic mass is 127. The Kier molecular flexibility index (Phi) is 11.0. The molecule has 1 aliphatic heterocycles. The molecule has 1 heterocycles. The lowest BCUT2D eigenvalue weighted by atomic mass is 10.2. The third-order valence-corrected chi connectivity index (χ3v) is 3.18. The topological polar surface area (TPSA) is 70.7 Å². The SMILES string of the molecule is CCCCCCNC(N)=NCC(=O)N1CCCC1.I. The first-order valence-corrected chi connectivity index (χ1v) is 7.05. The van der Waals surface area contributed by atoms with Crippen molar-refractivity contribution in [3.63, 3.8) is 0 Å². The van der Waals surface area contributed by atoms with E-state index >= 15 is 0 Å². The second kappa shape index (κ2) is 11.3. The van der Waals surface area contributed by atoms with Crippen LogP contribution in [-0.2, 0) is 4.79 Å². The predicted molar refractivity (Wildman–Crippen MR) is 89.9 cm³/mol. The number of nitrogens with one attached hydrogen (secondary N) is 1. The van der Waals surface area contributed by atoms with Gasteiger partial charge in [0.1, 0.15) is 6.54 Å². The minimum atomic E-state index is 0. The molecule has 0 spiro atoms. The van der Waals surface area contributed by atoms with Crippen LogP contribution in [0.3, 0.4) is 0 Å². The van der Waals surface area contributed by atoms with Crippen molar-refractivity contribution in [2.45, 2.75) is 45.4 Å². The van der Waals surface area contributed by atoms with E-state index in [9.17, 15) is 4.79 Å². The molecule has 0 aromatic carbocycles. The van der Waals surface area contributed by atoms with Gasteiger partial charge >= 0.3 is 0 Å². The first-order chi connectivity index (χ1) is 8.74. The van der Waals surface area contributed by atoms with Crippen molar-refractivity contribution in [3.8, 4) is 0 Å². The normalized spacial score (nSPS) is 15.2. The summed E-state index contributed by atoms with van der Waals surface area (Å²) >= 11 is 0. The third kappa shape index (κ3) is 8.28. The number of nitrogens with zero attached hydrogens (tertiary/aromatic N) is 2. The van der Waals surface area contributed by atoms with Crippen LogP contribution >= 0.6 is 24.0 Å². The minimum Gasteiger partial charge on any atom is -0.370 e. The number of aliphatic imine (C=N–C) groups is 1. The quantitative estimate of drug-likeness (QED) is 0.305. The fourth-order valence-corrected chi connectivity index (χ4v) is 2.04. The molecule has 6 heteroatoms. The molecule has 5 nitrogen and oxygen atoms in total. The van der Waals surface area contributed by atoms with Crippen LogP contribution in [-0.4, -0.2) is 42.9 Å². The van der Waals surface area contributed by atoms with Gasteiger partial charge in [-0.3, -0.25) is 4.79 Å². The van der Waals surface area contributed by atoms with Crippen molar-refractivity contribution < 1.29 is 4.79 Å². The van der Waals surface area contributed by atoms with Crippen molar-refractivity contribution in [3.05, 3.63) is 0 Å². The number of halogens is 1. The van der Waals surface area contributed by atoms with Gasteiger partial charge in [0.15, 0.2) is 5.96 Å². The number of unbranched alkanes of at least 4 members (excludes halogenated alkanes) is 3. The Morgan fingerprint density at radius 2 is 1.95 bits per heavy atom. The molecule has 19 heavy (non-hydrogen) atoms.